The standard InChI is InChI=1S/C17H17F2NO2S/c1-11(15-7-6-14(18)9-16(15)19)20-17(21)13-5-3-4-12(8-13)10-23(2)22/h3-9,11H,10H2,1-2H3,(H,20,21). The number of amides is 1. The van der Waals surface area contributed by atoms with Crippen molar-refractivity contribution in [3.63, 3.8) is 0 Å². The summed E-state index contributed by atoms with van der Waals surface area (Å²) in [5.41, 5.74) is 1.41. The van der Waals surface area contributed by atoms with Crippen molar-refractivity contribution in [1.29, 1.82) is 0 Å². The number of nitrogens with one attached hydrogen (secondary N) is 1. The minimum atomic E-state index is -1.00. The van der Waals surface area contributed by atoms with Crippen molar-refractivity contribution in [3.8, 4) is 0 Å². The van der Waals surface area contributed by atoms with Gasteiger partial charge in [0.2, 0.25) is 0 Å². The molecule has 2 aromatic rings. The van der Waals surface area contributed by atoms with Crippen LogP contribution in [0.4, 0.5) is 8.78 Å². The quantitative estimate of drug-likeness (QED) is 0.910. The molecule has 0 aliphatic carbocycles. The summed E-state index contributed by atoms with van der Waals surface area (Å²) >= 11 is 0. The monoisotopic (exact) mass is 337 g/mol. The first kappa shape index (κ1) is 17.3. The van der Waals surface area contributed by atoms with Gasteiger partial charge < -0.3 is 5.32 Å². The van der Waals surface area contributed by atoms with Gasteiger partial charge in [0.1, 0.15) is 11.6 Å². The zero-order valence-electron chi connectivity index (χ0n) is 12.8. The molecule has 0 radical (unpaired) electrons. The number of benzene rings is 2. The summed E-state index contributed by atoms with van der Waals surface area (Å²) in [7, 11) is -1.00. The van der Waals surface area contributed by atoms with Gasteiger partial charge in [0.25, 0.3) is 5.91 Å². The third-order valence-corrected chi connectivity index (χ3v) is 4.08. The second-order valence-corrected chi connectivity index (χ2v) is 6.71. The Morgan fingerprint density at radius 2 is 1.96 bits per heavy atom. The fourth-order valence-electron chi connectivity index (χ4n) is 2.25. The van der Waals surface area contributed by atoms with Crippen LogP contribution < -0.4 is 5.32 Å². The Balaban J connectivity index is 2.13. The highest BCUT2D eigenvalue weighted by Gasteiger charge is 2.15. The van der Waals surface area contributed by atoms with Crippen LogP contribution in [0, 0.1) is 11.6 Å². The van der Waals surface area contributed by atoms with Crippen molar-refractivity contribution in [2.45, 2.75) is 18.7 Å². The summed E-state index contributed by atoms with van der Waals surface area (Å²) in [5, 5.41) is 2.68. The molecule has 0 bridgehead atoms. The number of carbonyl (C=O) groups is 1. The normalized spacial score (nSPS) is 13.4. The summed E-state index contributed by atoms with van der Waals surface area (Å²) < 4.78 is 37.9. The second kappa shape index (κ2) is 7.46. The van der Waals surface area contributed by atoms with Crippen molar-refractivity contribution in [3.05, 3.63) is 70.8 Å². The van der Waals surface area contributed by atoms with Gasteiger partial charge in [-0.25, -0.2) is 8.78 Å². The Morgan fingerprint density at radius 1 is 1.22 bits per heavy atom. The molecule has 23 heavy (non-hydrogen) atoms. The smallest absolute Gasteiger partial charge is 0.251 e. The summed E-state index contributed by atoms with van der Waals surface area (Å²) in [5.74, 6) is -1.37. The van der Waals surface area contributed by atoms with E-state index in [0.717, 1.165) is 17.7 Å². The molecule has 0 fully saturated rings. The van der Waals surface area contributed by atoms with Gasteiger partial charge in [0.15, 0.2) is 0 Å². The van der Waals surface area contributed by atoms with E-state index in [4.69, 9.17) is 0 Å². The molecule has 0 aliphatic rings. The number of rotatable bonds is 5. The zero-order valence-corrected chi connectivity index (χ0v) is 13.6. The molecular weight excluding hydrogens is 320 g/mol. The van der Waals surface area contributed by atoms with Crippen LogP contribution in [0.5, 0.6) is 0 Å². The Kier molecular flexibility index (Phi) is 5.60. The Bertz CT molecular complexity index is 749. The van der Waals surface area contributed by atoms with Crippen LogP contribution in [0.15, 0.2) is 42.5 Å². The highest BCUT2D eigenvalue weighted by atomic mass is 32.2. The van der Waals surface area contributed by atoms with E-state index in [1.54, 1.807) is 37.4 Å². The fourth-order valence-corrected chi connectivity index (χ4v) is 2.90. The Labute approximate surface area is 136 Å². The lowest BCUT2D eigenvalue weighted by atomic mass is 10.1. The molecule has 0 saturated carbocycles. The molecule has 0 spiro atoms. The molecule has 0 heterocycles. The summed E-state index contributed by atoms with van der Waals surface area (Å²) in [6, 6.07) is 9.43. The van der Waals surface area contributed by atoms with Crippen LogP contribution in [-0.2, 0) is 16.6 Å². The topological polar surface area (TPSA) is 46.2 Å². The average molecular weight is 337 g/mol. The molecule has 0 aliphatic heterocycles. The van der Waals surface area contributed by atoms with E-state index in [9.17, 15) is 17.8 Å². The van der Waals surface area contributed by atoms with Crippen LogP contribution in [0.1, 0.15) is 34.5 Å². The molecular formula is C17H17F2NO2S. The molecule has 2 atom stereocenters. The van der Waals surface area contributed by atoms with E-state index >= 15 is 0 Å². The highest BCUT2D eigenvalue weighted by molar-refractivity contribution is 7.83. The van der Waals surface area contributed by atoms with E-state index < -0.39 is 28.5 Å². The first-order valence-electron chi connectivity index (χ1n) is 7.01. The highest BCUT2D eigenvalue weighted by Crippen LogP contribution is 2.18. The van der Waals surface area contributed by atoms with Crippen LogP contribution in [-0.4, -0.2) is 16.4 Å². The van der Waals surface area contributed by atoms with Gasteiger partial charge in [0.05, 0.1) is 6.04 Å². The van der Waals surface area contributed by atoms with Gasteiger partial charge >= 0.3 is 0 Å². The minimum Gasteiger partial charge on any atom is -0.345 e. The molecule has 122 valence electrons. The van der Waals surface area contributed by atoms with E-state index in [1.807, 2.05) is 0 Å². The molecule has 2 aromatic carbocycles. The SMILES string of the molecule is CC(NC(=O)c1cccc(CS(C)=O)c1)c1ccc(F)cc1F. The Morgan fingerprint density at radius 3 is 2.61 bits per heavy atom. The summed E-state index contributed by atoms with van der Waals surface area (Å²) in [6.45, 7) is 1.62. The van der Waals surface area contributed by atoms with Gasteiger partial charge in [-0.1, -0.05) is 18.2 Å². The number of halogens is 2. The summed E-state index contributed by atoms with van der Waals surface area (Å²) in [6.07, 6.45) is 1.59. The van der Waals surface area contributed by atoms with Crippen molar-refractivity contribution in [1.82, 2.24) is 5.32 Å². The first-order chi connectivity index (χ1) is 10.9. The van der Waals surface area contributed by atoms with Gasteiger partial charge in [-0.05, 0) is 30.7 Å². The number of carbonyl (C=O) groups excluding carboxylic acids is 1. The number of hydrogen-bond donors (Lipinski definition) is 1. The van der Waals surface area contributed by atoms with Gasteiger partial charge in [0, 0.05) is 40.0 Å². The molecule has 3 nitrogen and oxygen atoms in total. The zero-order chi connectivity index (χ0) is 17.0. The van der Waals surface area contributed by atoms with Crippen LogP contribution >= 0.6 is 0 Å². The molecule has 2 unspecified atom stereocenters. The minimum absolute atomic E-state index is 0.213. The lowest BCUT2D eigenvalue weighted by molar-refractivity contribution is 0.0939. The Hall–Kier alpha value is -2.08. The predicted octanol–water partition coefficient (Wildman–Crippen LogP) is 3.33. The largest absolute Gasteiger partial charge is 0.345 e. The van der Waals surface area contributed by atoms with Crippen LogP contribution in [0.3, 0.4) is 0 Å². The molecule has 0 aromatic heterocycles. The molecule has 2 rings (SSSR count). The van der Waals surface area contributed by atoms with Crippen molar-refractivity contribution >= 4 is 16.7 Å². The third kappa shape index (κ3) is 4.69. The molecule has 1 N–H and O–H groups in total. The van der Waals surface area contributed by atoms with Gasteiger partial charge in [-0.15, -0.1) is 0 Å². The number of hydrogen-bond acceptors (Lipinski definition) is 2. The maximum atomic E-state index is 13.7. The molecule has 6 heteroatoms. The van der Waals surface area contributed by atoms with Crippen molar-refractivity contribution < 1.29 is 17.8 Å². The summed E-state index contributed by atoms with van der Waals surface area (Å²) in [4.78, 5) is 12.3. The van der Waals surface area contributed by atoms with E-state index in [1.165, 1.54) is 6.07 Å². The van der Waals surface area contributed by atoms with E-state index in [-0.39, 0.29) is 11.5 Å². The first-order valence-corrected chi connectivity index (χ1v) is 8.74. The van der Waals surface area contributed by atoms with Crippen LogP contribution in [0.25, 0.3) is 0 Å². The van der Waals surface area contributed by atoms with Crippen molar-refractivity contribution in [2.24, 2.45) is 0 Å². The predicted molar refractivity (Wildman–Crippen MR) is 86.5 cm³/mol. The fraction of sp³-hybridized carbons (Fsp3) is 0.235. The van der Waals surface area contributed by atoms with E-state index in [2.05, 4.69) is 5.32 Å². The maximum Gasteiger partial charge on any atom is 0.251 e. The van der Waals surface area contributed by atoms with Gasteiger partial charge in [-0.2, -0.15) is 0 Å². The molecule has 1 amide bonds. The lowest BCUT2D eigenvalue weighted by Gasteiger charge is -2.15. The van der Waals surface area contributed by atoms with Crippen LogP contribution in [0.2, 0.25) is 0 Å². The second-order valence-electron chi connectivity index (χ2n) is 5.28. The van der Waals surface area contributed by atoms with Gasteiger partial charge in [-0.3, -0.25) is 9.00 Å². The van der Waals surface area contributed by atoms with Crippen molar-refractivity contribution in [2.75, 3.05) is 6.26 Å². The molecule has 0 saturated heterocycles. The van der Waals surface area contributed by atoms with E-state index in [0.29, 0.717) is 11.3 Å². The average Bonchev–Trinajstić information content (AvgIpc) is 2.46. The maximum absolute atomic E-state index is 13.7. The lowest BCUT2D eigenvalue weighted by Crippen LogP contribution is -2.27. The third-order valence-electron chi connectivity index (χ3n) is 3.34.